The van der Waals surface area contributed by atoms with Gasteiger partial charge in [-0.05, 0) is 43.2 Å². The van der Waals surface area contributed by atoms with Crippen molar-refractivity contribution in [2.75, 3.05) is 11.9 Å². The van der Waals surface area contributed by atoms with Crippen molar-refractivity contribution in [1.82, 2.24) is 0 Å². The number of oxime groups is 1. The Kier molecular flexibility index (Phi) is 4.53. The fourth-order valence-corrected chi connectivity index (χ4v) is 3.12. The van der Waals surface area contributed by atoms with Crippen LogP contribution in [0.4, 0.5) is 5.69 Å². The van der Waals surface area contributed by atoms with Crippen LogP contribution < -0.4 is 10.6 Å². The molecule has 1 saturated carbocycles. The molecule has 1 aliphatic carbocycles. The Morgan fingerprint density at radius 3 is 2.60 bits per heavy atom. The van der Waals surface area contributed by atoms with Crippen LogP contribution in [0, 0.1) is 11.8 Å². The van der Waals surface area contributed by atoms with E-state index in [0.717, 1.165) is 23.1 Å². The molecule has 1 aromatic carbocycles. The molecule has 3 atom stereocenters. The van der Waals surface area contributed by atoms with Crippen LogP contribution in [0.2, 0.25) is 0 Å². The van der Waals surface area contributed by atoms with Gasteiger partial charge >= 0.3 is 0 Å². The third-order valence-corrected chi connectivity index (χ3v) is 4.79. The summed E-state index contributed by atoms with van der Waals surface area (Å²) in [5.74, 6) is 1.72. The molecule has 3 N–H and O–H groups in total. The highest BCUT2D eigenvalue weighted by Crippen LogP contribution is 2.34. The third-order valence-electron chi connectivity index (χ3n) is 4.79. The molecule has 3 unspecified atom stereocenters. The lowest BCUT2D eigenvalue weighted by Gasteiger charge is -2.39. The molecule has 4 heteroatoms. The minimum atomic E-state index is 0.171. The molecule has 2 rings (SSSR count). The highest BCUT2D eigenvalue weighted by atomic mass is 16.4. The number of hydrogen-bond acceptors (Lipinski definition) is 3. The number of anilines is 1. The topological polar surface area (TPSA) is 61.8 Å². The zero-order valence-corrected chi connectivity index (χ0v) is 12.6. The highest BCUT2D eigenvalue weighted by Gasteiger charge is 2.28. The van der Waals surface area contributed by atoms with Gasteiger partial charge in [0, 0.05) is 24.3 Å². The third kappa shape index (κ3) is 2.89. The van der Waals surface area contributed by atoms with Gasteiger partial charge in [-0.2, -0.15) is 0 Å². The fraction of sp³-hybridized carbons (Fsp3) is 0.562. The molecule has 0 bridgehead atoms. The summed E-state index contributed by atoms with van der Waals surface area (Å²) >= 11 is 0. The molecule has 0 spiro atoms. The predicted octanol–water partition coefficient (Wildman–Crippen LogP) is 3.04. The molecule has 1 aliphatic rings. The Bertz CT molecular complexity index is 486. The van der Waals surface area contributed by atoms with E-state index >= 15 is 0 Å². The van der Waals surface area contributed by atoms with E-state index in [1.165, 1.54) is 19.3 Å². The second kappa shape index (κ2) is 6.16. The van der Waals surface area contributed by atoms with Crippen molar-refractivity contribution in [3.05, 3.63) is 29.8 Å². The molecule has 0 aliphatic heterocycles. The Hall–Kier alpha value is -1.71. The van der Waals surface area contributed by atoms with Gasteiger partial charge in [0.05, 0.1) is 0 Å². The molecular formula is C16H25N3O. The first-order chi connectivity index (χ1) is 9.54. The number of rotatable bonds is 3. The van der Waals surface area contributed by atoms with Crippen molar-refractivity contribution in [3.8, 4) is 0 Å². The lowest BCUT2D eigenvalue weighted by atomic mass is 9.78. The Morgan fingerprint density at radius 1 is 1.25 bits per heavy atom. The summed E-state index contributed by atoms with van der Waals surface area (Å²) in [5.41, 5.74) is 7.62. The van der Waals surface area contributed by atoms with Crippen molar-refractivity contribution >= 4 is 11.5 Å². The first-order valence-electron chi connectivity index (χ1n) is 7.34. The van der Waals surface area contributed by atoms with Crippen LogP contribution in [0.3, 0.4) is 0 Å². The molecule has 4 nitrogen and oxygen atoms in total. The Balaban J connectivity index is 2.23. The summed E-state index contributed by atoms with van der Waals surface area (Å²) in [6.45, 7) is 4.67. The van der Waals surface area contributed by atoms with Crippen molar-refractivity contribution in [2.45, 2.75) is 39.2 Å². The van der Waals surface area contributed by atoms with Crippen LogP contribution in [-0.4, -0.2) is 24.1 Å². The van der Waals surface area contributed by atoms with Gasteiger partial charge in [-0.1, -0.05) is 31.1 Å². The maximum atomic E-state index is 8.93. The van der Waals surface area contributed by atoms with E-state index in [2.05, 4.69) is 31.0 Å². The van der Waals surface area contributed by atoms with Gasteiger partial charge in [-0.15, -0.1) is 0 Å². The van der Waals surface area contributed by atoms with Gasteiger partial charge in [0.25, 0.3) is 0 Å². The minimum Gasteiger partial charge on any atom is -0.409 e. The second-order valence-corrected chi connectivity index (χ2v) is 6.03. The van der Waals surface area contributed by atoms with Gasteiger partial charge in [0.15, 0.2) is 5.84 Å². The largest absolute Gasteiger partial charge is 0.409 e. The molecule has 0 aromatic heterocycles. The van der Waals surface area contributed by atoms with Crippen LogP contribution in [0.5, 0.6) is 0 Å². The van der Waals surface area contributed by atoms with Gasteiger partial charge in [-0.3, -0.25) is 0 Å². The first kappa shape index (κ1) is 14.7. The van der Waals surface area contributed by atoms with E-state index in [4.69, 9.17) is 10.9 Å². The Labute approximate surface area is 121 Å². The van der Waals surface area contributed by atoms with Crippen LogP contribution in [0.15, 0.2) is 29.4 Å². The molecule has 0 saturated heterocycles. The zero-order chi connectivity index (χ0) is 14.7. The number of nitrogens with zero attached hydrogens (tertiary/aromatic N) is 2. The van der Waals surface area contributed by atoms with Crippen molar-refractivity contribution in [1.29, 1.82) is 0 Å². The summed E-state index contributed by atoms with van der Waals surface area (Å²) in [4.78, 5) is 2.29. The molecule has 20 heavy (non-hydrogen) atoms. The number of amidine groups is 1. The van der Waals surface area contributed by atoms with Crippen LogP contribution in [0.1, 0.15) is 38.7 Å². The minimum absolute atomic E-state index is 0.171. The van der Waals surface area contributed by atoms with E-state index < -0.39 is 0 Å². The quantitative estimate of drug-likeness (QED) is 0.386. The predicted molar refractivity (Wildman–Crippen MR) is 83.3 cm³/mol. The SMILES string of the molecule is CC1CCC(N(C)c2ccccc2/C(N)=N/O)CC1C. The summed E-state index contributed by atoms with van der Waals surface area (Å²) in [7, 11) is 2.11. The molecule has 0 radical (unpaired) electrons. The fourth-order valence-electron chi connectivity index (χ4n) is 3.12. The maximum absolute atomic E-state index is 8.93. The van der Waals surface area contributed by atoms with Gasteiger partial charge in [0.1, 0.15) is 0 Å². The van der Waals surface area contributed by atoms with E-state index in [1.807, 2.05) is 24.3 Å². The van der Waals surface area contributed by atoms with E-state index in [9.17, 15) is 0 Å². The highest BCUT2D eigenvalue weighted by molar-refractivity contribution is 6.02. The number of benzene rings is 1. The van der Waals surface area contributed by atoms with E-state index in [-0.39, 0.29) is 5.84 Å². The lowest BCUT2D eigenvalue weighted by Crippen LogP contribution is -2.38. The molecule has 1 aromatic rings. The summed E-state index contributed by atoms with van der Waals surface area (Å²) < 4.78 is 0. The van der Waals surface area contributed by atoms with Crippen molar-refractivity contribution in [3.63, 3.8) is 0 Å². The van der Waals surface area contributed by atoms with E-state index in [1.54, 1.807) is 0 Å². The summed E-state index contributed by atoms with van der Waals surface area (Å²) in [5, 5.41) is 12.1. The lowest BCUT2D eigenvalue weighted by molar-refractivity contribution is 0.247. The summed E-state index contributed by atoms with van der Waals surface area (Å²) in [6, 6.07) is 8.37. The average Bonchev–Trinajstić information content (AvgIpc) is 2.48. The molecule has 0 heterocycles. The Morgan fingerprint density at radius 2 is 1.95 bits per heavy atom. The van der Waals surface area contributed by atoms with E-state index in [0.29, 0.717) is 6.04 Å². The standard InChI is InChI=1S/C16H25N3O/c1-11-8-9-13(10-12(11)2)19(3)15-7-5-4-6-14(15)16(17)18-20/h4-7,11-13,20H,8-10H2,1-3H3,(H2,17,18). The van der Waals surface area contributed by atoms with Crippen LogP contribution in [-0.2, 0) is 0 Å². The van der Waals surface area contributed by atoms with Crippen LogP contribution >= 0.6 is 0 Å². The summed E-state index contributed by atoms with van der Waals surface area (Å²) in [6.07, 6.45) is 3.66. The molecule has 0 amide bonds. The van der Waals surface area contributed by atoms with Gasteiger partial charge in [-0.25, -0.2) is 0 Å². The molecular weight excluding hydrogens is 250 g/mol. The first-order valence-corrected chi connectivity index (χ1v) is 7.34. The number of para-hydroxylation sites is 1. The maximum Gasteiger partial charge on any atom is 0.172 e. The average molecular weight is 275 g/mol. The zero-order valence-electron chi connectivity index (χ0n) is 12.6. The number of nitrogens with two attached hydrogens (primary N) is 1. The van der Waals surface area contributed by atoms with Crippen molar-refractivity contribution in [2.24, 2.45) is 22.7 Å². The smallest absolute Gasteiger partial charge is 0.172 e. The van der Waals surface area contributed by atoms with Crippen molar-refractivity contribution < 1.29 is 5.21 Å². The normalized spacial score (nSPS) is 27.4. The second-order valence-electron chi connectivity index (χ2n) is 6.03. The van der Waals surface area contributed by atoms with Gasteiger partial charge in [0.2, 0.25) is 0 Å². The van der Waals surface area contributed by atoms with Gasteiger partial charge < -0.3 is 15.8 Å². The molecule has 110 valence electrons. The van der Waals surface area contributed by atoms with Crippen LogP contribution in [0.25, 0.3) is 0 Å². The molecule has 1 fully saturated rings. The monoisotopic (exact) mass is 275 g/mol. The number of hydrogen-bond donors (Lipinski definition) is 2.